The van der Waals surface area contributed by atoms with Gasteiger partial charge in [0.2, 0.25) is 0 Å². The van der Waals surface area contributed by atoms with Crippen molar-refractivity contribution >= 4 is 5.82 Å². The number of rotatable bonds is 3. The molecule has 1 N–H and O–H groups in total. The molecule has 0 spiro atoms. The maximum absolute atomic E-state index is 13.7. The zero-order chi connectivity index (χ0) is 15.6. The van der Waals surface area contributed by atoms with Crippen molar-refractivity contribution in [2.24, 2.45) is 0 Å². The average molecular weight is 292 g/mol. The quantitative estimate of drug-likeness (QED) is 0.905. The maximum atomic E-state index is 13.7. The van der Waals surface area contributed by atoms with Crippen molar-refractivity contribution < 1.29 is 13.5 Å². The Kier molecular flexibility index (Phi) is 4.11. The molecule has 1 heterocycles. The van der Waals surface area contributed by atoms with E-state index in [0.29, 0.717) is 5.75 Å². The van der Waals surface area contributed by atoms with Gasteiger partial charge in [0, 0.05) is 13.1 Å². The Balaban J connectivity index is 2.34. The van der Waals surface area contributed by atoms with Crippen molar-refractivity contribution in [3.63, 3.8) is 0 Å². The van der Waals surface area contributed by atoms with Crippen LogP contribution in [0, 0.1) is 11.6 Å². The van der Waals surface area contributed by atoms with E-state index in [4.69, 9.17) is 4.74 Å². The van der Waals surface area contributed by atoms with E-state index in [1.807, 2.05) is 18.2 Å². The minimum atomic E-state index is -0.840. The molecule has 2 aromatic rings. The van der Waals surface area contributed by atoms with E-state index in [1.54, 1.807) is 6.07 Å². The zero-order valence-corrected chi connectivity index (χ0v) is 12.5. The molecule has 3 nitrogen and oxygen atoms in total. The Morgan fingerprint density at radius 1 is 1.10 bits per heavy atom. The third-order valence-electron chi connectivity index (χ3n) is 3.05. The van der Waals surface area contributed by atoms with Crippen molar-refractivity contribution in [1.29, 1.82) is 0 Å². The van der Waals surface area contributed by atoms with Crippen LogP contribution in [0.15, 0.2) is 30.3 Å². The van der Waals surface area contributed by atoms with Crippen LogP contribution in [0.2, 0.25) is 0 Å². The lowest BCUT2D eigenvalue weighted by molar-refractivity contribution is 0.416. The first-order valence-corrected chi connectivity index (χ1v) is 6.63. The first kappa shape index (κ1) is 15.2. The number of anilines is 1. The van der Waals surface area contributed by atoms with Gasteiger partial charge in [0.15, 0.2) is 17.5 Å². The molecule has 0 bridgehead atoms. The fourth-order valence-corrected chi connectivity index (χ4v) is 1.83. The third-order valence-corrected chi connectivity index (χ3v) is 3.05. The van der Waals surface area contributed by atoms with Gasteiger partial charge in [-0.15, -0.1) is 0 Å². The molecule has 2 rings (SSSR count). The van der Waals surface area contributed by atoms with Gasteiger partial charge in [0.25, 0.3) is 5.88 Å². The summed E-state index contributed by atoms with van der Waals surface area (Å²) < 4.78 is 32.6. The maximum Gasteiger partial charge on any atom is 0.258 e. The number of nitrogens with zero attached hydrogens (tertiary/aromatic N) is 1. The SMILES string of the molecule is CNc1nc(Oc2cccc(C(C)(C)C)c2)c(F)cc1F. The van der Waals surface area contributed by atoms with Crippen LogP contribution in [0.5, 0.6) is 11.6 Å². The molecule has 0 aliphatic rings. The summed E-state index contributed by atoms with van der Waals surface area (Å²) in [5.41, 5.74) is 1.00. The molecule has 0 unspecified atom stereocenters. The molecule has 0 aliphatic carbocycles. The number of ether oxygens (including phenoxy) is 1. The molecule has 0 atom stereocenters. The standard InChI is InChI=1S/C16H18F2N2O/c1-16(2,3)10-6-5-7-11(8-10)21-15-13(18)9-12(17)14(19-4)20-15/h5-9H,1-4H3,(H,19,20). The van der Waals surface area contributed by atoms with Crippen LogP contribution in [-0.2, 0) is 5.41 Å². The number of aromatic nitrogens is 1. The van der Waals surface area contributed by atoms with Crippen LogP contribution >= 0.6 is 0 Å². The number of halogens is 2. The van der Waals surface area contributed by atoms with Crippen molar-refractivity contribution in [3.05, 3.63) is 47.5 Å². The number of hydrogen-bond acceptors (Lipinski definition) is 3. The van der Waals surface area contributed by atoms with Gasteiger partial charge in [0.1, 0.15) is 5.75 Å². The van der Waals surface area contributed by atoms with Crippen molar-refractivity contribution in [1.82, 2.24) is 4.98 Å². The summed E-state index contributed by atoms with van der Waals surface area (Å²) in [7, 11) is 1.51. The molecule has 0 aliphatic heterocycles. The lowest BCUT2D eigenvalue weighted by Gasteiger charge is -2.19. The van der Waals surface area contributed by atoms with Crippen LogP contribution in [0.3, 0.4) is 0 Å². The van der Waals surface area contributed by atoms with Gasteiger partial charge in [-0.25, -0.2) is 8.78 Å². The molecule has 0 radical (unpaired) electrons. The molecule has 0 fully saturated rings. The topological polar surface area (TPSA) is 34.2 Å². The Morgan fingerprint density at radius 2 is 1.81 bits per heavy atom. The average Bonchev–Trinajstić information content (AvgIpc) is 2.41. The van der Waals surface area contributed by atoms with E-state index in [-0.39, 0.29) is 17.1 Å². The molecule has 0 amide bonds. The van der Waals surface area contributed by atoms with Gasteiger partial charge in [-0.2, -0.15) is 4.98 Å². The second kappa shape index (κ2) is 5.68. The van der Waals surface area contributed by atoms with Gasteiger partial charge in [-0.3, -0.25) is 0 Å². The van der Waals surface area contributed by atoms with Crippen LogP contribution in [0.4, 0.5) is 14.6 Å². The number of nitrogens with one attached hydrogen (secondary N) is 1. The lowest BCUT2D eigenvalue weighted by atomic mass is 9.87. The highest BCUT2D eigenvalue weighted by molar-refractivity contribution is 5.41. The highest BCUT2D eigenvalue weighted by Crippen LogP contribution is 2.29. The van der Waals surface area contributed by atoms with E-state index in [0.717, 1.165) is 11.6 Å². The second-order valence-corrected chi connectivity index (χ2v) is 5.74. The molecule has 5 heteroatoms. The first-order chi connectivity index (χ1) is 9.81. The molecular formula is C16H18F2N2O. The van der Waals surface area contributed by atoms with Crippen LogP contribution < -0.4 is 10.1 Å². The summed E-state index contributed by atoms with van der Waals surface area (Å²) in [6.07, 6.45) is 0. The Hall–Kier alpha value is -2.17. The summed E-state index contributed by atoms with van der Waals surface area (Å²) in [5.74, 6) is -1.45. The molecule has 0 saturated heterocycles. The summed E-state index contributed by atoms with van der Waals surface area (Å²) in [6, 6.07) is 8.08. The fourth-order valence-electron chi connectivity index (χ4n) is 1.83. The second-order valence-electron chi connectivity index (χ2n) is 5.74. The van der Waals surface area contributed by atoms with E-state index < -0.39 is 11.6 Å². The first-order valence-electron chi connectivity index (χ1n) is 6.63. The number of benzene rings is 1. The smallest absolute Gasteiger partial charge is 0.258 e. The van der Waals surface area contributed by atoms with E-state index >= 15 is 0 Å². The molecule has 1 aromatic carbocycles. The van der Waals surface area contributed by atoms with E-state index in [1.165, 1.54) is 7.05 Å². The van der Waals surface area contributed by atoms with Crippen LogP contribution in [0.25, 0.3) is 0 Å². The van der Waals surface area contributed by atoms with Gasteiger partial charge in [-0.1, -0.05) is 32.9 Å². The van der Waals surface area contributed by atoms with Gasteiger partial charge in [-0.05, 0) is 23.1 Å². The number of hydrogen-bond donors (Lipinski definition) is 1. The summed E-state index contributed by atoms with van der Waals surface area (Å²) in [6.45, 7) is 6.21. The molecule has 0 saturated carbocycles. The van der Waals surface area contributed by atoms with Crippen molar-refractivity contribution in [3.8, 4) is 11.6 Å². The highest BCUT2D eigenvalue weighted by atomic mass is 19.1. The number of pyridine rings is 1. The van der Waals surface area contributed by atoms with Gasteiger partial charge >= 0.3 is 0 Å². The van der Waals surface area contributed by atoms with Crippen molar-refractivity contribution in [2.75, 3.05) is 12.4 Å². The van der Waals surface area contributed by atoms with Gasteiger partial charge in [0.05, 0.1) is 0 Å². The predicted octanol–water partition coefficient (Wildman–Crippen LogP) is 4.49. The highest BCUT2D eigenvalue weighted by Gasteiger charge is 2.16. The van der Waals surface area contributed by atoms with E-state index in [9.17, 15) is 8.78 Å². The summed E-state index contributed by atoms with van der Waals surface area (Å²) >= 11 is 0. The Labute approximate surface area is 123 Å². The Bertz CT molecular complexity index is 651. The van der Waals surface area contributed by atoms with Crippen LogP contribution in [0.1, 0.15) is 26.3 Å². The van der Waals surface area contributed by atoms with E-state index in [2.05, 4.69) is 31.1 Å². The largest absolute Gasteiger partial charge is 0.436 e. The minimum Gasteiger partial charge on any atom is -0.436 e. The predicted molar refractivity (Wildman–Crippen MR) is 78.9 cm³/mol. The van der Waals surface area contributed by atoms with Gasteiger partial charge < -0.3 is 10.1 Å². The molecule has 112 valence electrons. The summed E-state index contributed by atoms with van der Waals surface area (Å²) in [5, 5.41) is 2.55. The van der Waals surface area contributed by atoms with Crippen molar-refractivity contribution in [2.45, 2.75) is 26.2 Å². The molecule has 21 heavy (non-hydrogen) atoms. The molecule has 1 aromatic heterocycles. The minimum absolute atomic E-state index is 0.0513. The molecular weight excluding hydrogens is 274 g/mol. The summed E-state index contributed by atoms with van der Waals surface area (Å²) in [4.78, 5) is 3.79. The van der Waals surface area contributed by atoms with Crippen LogP contribution in [-0.4, -0.2) is 12.0 Å². The monoisotopic (exact) mass is 292 g/mol. The fraction of sp³-hybridized carbons (Fsp3) is 0.312. The third kappa shape index (κ3) is 3.48. The lowest BCUT2D eigenvalue weighted by Crippen LogP contribution is -2.10. The normalized spacial score (nSPS) is 11.3. The zero-order valence-electron chi connectivity index (χ0n) is 12.5. The Morgan fingerprint density at radius 3 is 2.43 bits per heavy atom.